The van der Waals surface area contributed by atoms with Crippen molar-refractivity contribution < 1.29 is 24.2 Å². The number of aliphatic hydroxyl groups excluding tert-OH is 1. The van der Waals surface area contributed by atoms with Crippen LogP contribution in [0.4, 0.5) is 4.39 Å². The van der Waals surface area contributed by atoms with Crippen LogP contribution >= 0.6 is 0 Å². The van der Waals surface area contributed by atoms with Gasteiger partial charge < -0.3 is 14.8 Å². The number of benzene rings is 2. The summed E-state index contributed by atoms with van der Waals surface area (Å²) in [5.74, 6) is -2.25. The van der Waals surface area contributed by atoms with Crippen molar-refractivity contribution in [2.75, 3.05) is 0 Å². The number of rotatable bonds is 8. The van der Waals surface area contributed by atoms with Gasteiger partial charge in [-0.25, -0.2) is 4.39 Å². The first-order chi connectivity index (χ1) is 15.2. The van der Waals surface area contributed by atoms with E-state index in [0.717, 1.165) is 0 Å². The summed E-state index contributed by atoms with van der Waals surface area (Å²) >= 11 is 0. The number of carbonyl (C=O) groups is 2. The third-order valence-electron chi connectivity index (χ3n) is 5.07. The molecule has 0 radical (unpaired) electrons. The van der Waals surface area contributed by atoms with Gasteiger partial charge in [0, 0.05) is 23.4 Å². The van der Waals surface area contributed by atoms with Crippen LogP contribution in [0.15, 0.2) is 59.4 Å². The van der Waals surface area contributed by atoms with Crippen LogP contribution in [-0.2, 0) is 9.59 Å². The molecule has 0 aliphatic rings. The molecule has 1 unspecified atom stereocenters. The number of ketones is 1. The molecule has 3 aromatic rings. The molecule has 2 aromatic carbocycles. The molecule has 0 aliphatic carbocycles. The van der Waals surface area contributed by atoms with Gasteiger partial charge in [-0.05, 0) is 49.1 Å². The van der Waals surface area contributed by atoms with Crippen LogP contribution in [0.1, 0.15) is 38.4 Å². The van der Waals surface area contributed by atoms with Gasteiger partial charge in [-0.3, -0.25) is 14.4 Å². The van der Waals surface area contributed by atoms with E-state index in [1.165, 1.54) is 18.2 Å². The number of carboxylic acids is 1. The van der Waals surface area contributed by atoms with Crippen molar-refractivity contribution >= 4 is 28.6 Å². The summed E-state index contributed by atoms with van der Waals surface area (Å²) in [5, 5.41) is 20.2. The Morgan fingerprint density at radius 3 is 2.28 bits per heavy atom. The predicted octanol–water partition coefficient (Wildman–Crippen LogP) is 4.20. The molecule has 0 fully saturated rings. The van der Waals surface area contributed by atoms with Crippen LogP contribution < -0.4 is 5.56 Å². The molecule has 7 heteroatoms. The fraction of sp³-hybridized carbons (Fsp3) is 0.240. The van der Waals surface area contributed by atoms with Gasteiger partial charge in [0.25, 0.3) is 5.56 Å². The van der Waals surface area contributed by atoms with Gasteiger partial charge in [-0.15, -0.1) is 0 Å². The molecule has 1 heterocycles. The summed E-state index contributed by atoms with van der Waals surface area (Å²) in [4.78, 5) is 35.7. The quantitative estimate of drug-likeness (QED) is 0.515. The number of hydrogen-bond acceptors (Lipinski definition) is 4. The minimum absolute atomic E-state index is 0.211. The van der Waals surface area contributed by atoms with Gasteiger partial charge in [0.05, 0.1) is 11.8 Å². The van der Waals surface area contributed by atoms with E-state index in [1.54, 1.807) is 41.0 Å². The minimum atomic E-state index is -1.26. The molecular weight excluding hydrogens is 413 g/mol. The number of carboxylic acid groups (broad SMARTS) is 1. The fourth-order valence-electron chi connectivity index (χ4n) is 3.73. The number of Topliss-reactive ketones (excluding diaryl/α,β-unsaturated/α-hetero) is 1. The number of aromatic nitrogens is 1. The monoisotopic (exact) mass is 437 g/mol. The van der Waals surface area contributed by atoms with Gasteiger partial charge in [0.15, 0.2) is 0 Å². The van der Waals surface area contributed by atoms with E-state index in [2.05, 4.69) is 0 Å². The van der Waals surface area contributed by atoms with Gasteiger partial charge in [0.1, 0.15) is 18.0 Å². The van der Waals surface area contributed by atoms with E-state index >= 15 is 0 Å². The van der Waals surface area contributed by atoms with Crippen molar-refractivity contribution in [3.8, 4) is 11.1 Å². The van der Waals surface area contributed by atoms with Gasteiger partial charge in [-0.1, -0.05) is 36.4 Å². The molecule has 0 saturated heterocycles. The van der Waals surface area contributed by atoms with Crippen LogP contribution in [0.2, 0.25) is 0 Å². The molecule has 1 atom stereocenters. The zero-order valence-corrected chi connectivity index (χ0v) is 17.8. The number of nitrogens with zero attached hydrogens (tertiary/aromatic N) is 1. The molecule has 0 amide bonds. The van der Waals surface area contributed by atoms with Crippen molar-refractivity contribution in [2.24, 2.45) is 0 Å². The van der Waals surface area contributed by atoms with E-state index < -0.39 is 24.3 Å². The second-order valence-corrected chi connectivity index (χ2v) is 7.82. The second-order valence-electron chi connectivity index (χ2n) is 7.82. The maximum absolute atomic E-state index is 13.6. The molecule has 0 bridgehead atoms. The summed E-state index contributed by atoms with van der Waals surface area (Å²) in [6, 6.07) is 12.8. The lowest BCUT2D eigenvalue weighted by Gasteiger charge is -2.21. The fourth-order valence-corrected chi connectivity index (χ4v) is 3.73. The van der Waals surface area contributed by atoms with Crippen molar-refractivity contribution in [3.05, 3.63) is 76.5 Å². The first kappa shape index (κ1) is 23.1. The van der Waals surface area contributed by atoms with Crippen molar-refractivity contribution in [1.29, 1.82) is 0 Å². The van der Waals surface area contributed by atoms with E-state index in [0.29, 0.717) is 27.6 Å². The van der Waals surface area contributed by atoms with E-state index in [9.17, 15) is 23.9 Å². The average Bonchev–Trinajstić information content (AvgIpc) is 2.72. The number of pyridine rings is 1. The highest BCUT2D eigenvalue weighted by Crippen LogP contribution is 2.33. The Balaban J connectivity index is 2.21. The smallest absolute Gasteiger partial charge is 0.310 e. The van der Waals surface area contributed by atoms with E-state index in [4.69, 9.17) is 5.11 Å². The van der Waals surface area contributed by atoms with Gasteiger partial charge in [-0.2, -0.15) is 0 Å². The molecule has 1 aromatic heterocycles. The molecule has 0 spiro atoms. The van der Waals surface area contributed by atoms with Crippen LogP contribution in [0.5, 0.6) is 0 Å². The Hall–Kier alpha value is -3.58. The van der Waals surface area contributed by atoms with Crippen molar-refractivity contribution in [1.82, 2.24) is 4.57 Å². The Morgan fingerprint density at radius 1 is 1.06 bits per heavy atom. The SMILES string of the molecule is CC(C)n1c(/C=C/C(O)CC(=O)CC(=O)O)c(-c2ccc(F)cc2)c2ccccc2c1=O. The highest BCUT2D eigenvalue weighted by Gasteiger charge is 2.19. The summed E-state index contributed by atoms with van der Waals surface area (Å²) < 4.78 is 15.2. The third kappa shape index (κ3) is 5.00. The third-order valence-corrected chi connectivity index (χ3v) is 5.07. The number of fused-ring (bicyclic) bond motifs is 1. The number of aliphatic hydroxyl groups is 1. The molecule has 0 saturated carbocycles. The largest absolute Gasteiger partial charge is 0.481 e. The highest BCUT2D eigenvalue weighted by molar-refractivity contribution is 5.99. The Kier molecular flexibility index (Phi) is 7.00. The first-order valence-electron chi connectivity index (χ1n) is 10.2. The van der Waals surface area contributed by atoms with Crippen LogP contribution in [0.25, 0.3) is 28.0 Å². The summed E-state index contributed by atoms with van der Waals surface area (Å²) in [5.41, 5.74) is 1.67. The lowest BCUT2D eigenvalue weighted by atomic mass is 9.95. The maximum Gasteiger partial charge on any atom is 0.310 e. The van der Waals surface area contributed by atoms with Crippen molar-refractivity contribution in [3.63, 3.8) is 0 Å². The molecule has 0 aliphatic heterocycles. The molecule has 3 rings (SSSR count). The number of hydrogen-bond donors (Lipinski definition) is 2. The molecular formula is C25H24FNO5. The number of halogens is 1. The molecule has 6 nitrogen and oxygen atoms in total. The van der Waals surface area contributed by atoms with E-state index in [-0.39, 0.29) is 23.8 Å². The van der Waals surface area contributed by atoms with E-state index in [1.807, 2.05) is 19.9 Å². The Bertz CT molecular complexity index is 1240. The number of aliphatic carboxylic acids is 1. The highest BCUT2D eigenvalue weighted by atomic mass is 19.1. The normalized spacial score (nSPS) is 12.5. The first-order valence-corrected chi connectivity index (χ1v) is 10.2. The Morgan fingerprint density at radius 2 is 1.69 bits per heavy atom. The maximum atomic E-state index is 13.6. The van der Waals surface area contributed by atoms with Crippen LogP contribution in [-0.4, -0.2) is 32.6 Å². The van der Waals surface area contributed by atoms with Crippen molar-refractivity contribution in [2.45, 2.75) is 38.8 Å². The summed E-state index contributed by atoms with van der Waals surface area (Å²) in [6.45, 7) is 3.71. The molecule has 32 heavy (non-hydrogen) atoms. The number of carbonyl (C=O) groups excluding carboxylic acids is 1. The zero-order valence-electron chi connectivity index (χ0n) is 17.8. The predicted molar refractivity (Wildman–Crippen MR) is 121 cm³/mol. The summed E-state index contributed by atoms with van der Waals surface area (Å²) in [6.07, 6.45) is 0.692. The van der Waals surface area contributed by atoms with Crippen LogP contribution in [0, 0.1) is 5.82 Å². The summed E-state index contributed by atoms with van der Waals surface area (Å²) in [7, 11) is 0. The minimum Gasteiger partial charge on any atom is -0.481 e. The lowest BCUT2D eigenvalue weighted by Crippen LogP contribution is -2.25. The molecule has 2 N–H and O–H groups in total. The lowest BCUT2D eigenvalue weighted by molar-refractivity contribution is -0.140. The van der Waals surface area contributed by atoms with Gasteiger partial charge in [0.2, 0.25) is 0 Å². The molecule has 166 valence electrons. The van der Waals surface area contributed by atoms with Gasteiger partial charge >= 0.3 is 5.97 Å². The average molecular weight is 437 g/mol. The second kappa shape index (κ2) is 9.70. The Labute approximate surface area is 184 Å². The topological polar surface area (TPSA) is 96.6 Å². The standard InChI is InChI=1S/C25H24FNO5/c1-15(2)27-22(12-11-18(28)13-19(29)14-23(30)31)24(16-7-9-17(26)10-8-16)20-5-3-4-6-21(20)25(27)32/h3-12,15,18,28H,13-14H2,1-2H3,(H,30,31)/b12-11+. The van der Waals surface area contributed by atoms with Crippen LogP contribution in [0.3, 0.4) is 0 Å². The zero-order chi connectivity index (χ0) is 23.4.